The van der Waals surface area contributed by atoms with Crippen LogP contribution in [0.15, 0.2) is 40.9 Å². The highest BCUT2D eigenvalue weighted by molar-refractivity contribution is 7.89. The number of carbonyl (C=O) groups is 1. The number of thiophene rings is 1. The number of rotatable bonds is 4. The van der Waals surface area contributed by atoms with E-state index in [2.05, 4.69) is 10.3 Å². The lowest BCUT2D eigenvalue weighted by Crippen LogP contribution is -2.36. The maximum atomic E-state index is 12.8. The van der Waals surface area contributed by atoms with Gasteiger partial charge in [-0.05, 0) is 36.4 Å². The third-order valence-corrected chi connectivity index (χ3v) is 6.69. The van der Waals surface area contributed by atoms with Crippen molar-refractivity contribution >= 4 is 33.0 Å². The molecule has 1 aliphatic heterocycles. The molecule has 2 aromatic rings. The Morgan fingerprint density at radius 1 is 1.13 bits per heavy atom. The average molecular weight is 351 g/mol. The molecule has 23 heavy (non-hydrogen) atoms. The summed E-state index contributed by atoms with van der Waals surface area (Å²) in [5, 5.41) is 4.35. The van der Waals surface area contributed by atoms with Crippen LogP contribution < -0.4 is 5.32 Å². The number of amides is 1. The predicted molar refractivity (Wildman–Crippen MR) is 89.1 cm³/mol. The van der Waals surface area contributed by atoms with E-state index in [1.807, 2.05) is 0 Å². The van der Waals surface area contributed by atoms with Crippen LogP contribution >= 0.6 is 11.3 Å². The Morgan fingerprint density at radius 2 is 1.83 bits per heavy atom. The van der Waals surface area contributed by atoms with E-state index in [1.54, 1.807) is 29.9 Å². The Bertz CT molecular complexity index is 781. The Kier molecular flexibility index (Phi) is 4.74. The maximum absolute atomic E-state index is 12.8. The topological polar surface area (TPSA) is 79.4 Å². The Balaban J connectivity index is 1.85. The molecule has 0 radical (unpaired) electrons. The first-order valence-electron chi connectivity index (χ1n) is 7.38. The number of pyridine rings is 1. The van der Waals surface area contributed by atoms with Crippen LogP contribution in [0.25, 0.3) is 0 Å². The molecule has 1 amide bonds. The van der Waals surface area contributed by atoms with Crippen LogP contribution in [0.3, 0.4) is 0 Å². The predicted octanol–water partition coefficient (Wildman–Crippen LogP) is 2.57. The van der Waals surface area contributed by atoms with Gasteiger partial charge in [-0.2, -0.15) is 4.31 Å². The van der Waals surface area contributed by atoms with Gasteiger partial charge in [0, 0.05) is 31.2 Å². The molecule has 0 unspecified atom stereocenters. The number of nitrogens with zero attached hydrogens (tertiary/aromatic N) is 2. The Morgan fingerprint density at radius 3 is 2.52 bits per heavy atom. The normalized spacial score (nSPS) is 16.2. The molecule has 3 rings (SSSR count). The number of sulfonamides is 1. The lowest BCUT2D eigenvalue weighted by molar-refractivity contribution is 0.102. The number of anilines is 1. The fourth-order valence-electron chi connectivity index (χ4n) is 2.53. The molecule has 1 N–H and O–H groups in total. The third kappa shape index (κ3) is 3.44. The van der Waals surface area contributed by atoms with Crippen molar-refractivity contribution in [2.24, 2.45) is 0 Å². The highest BCUT2D eigenvalue weighted by Crippen LogP contribution is 2.28. The van der Waals surface area contributed by atoms with Crippen molar-refractivity contribution in [2.75, 3.05) is 18.4 Å². The molecule has 1 fully saturated rings. The molecule has 0 atom stereocenters. The number of nitrogens with one attached hydrogen (secondary N) is 1. The van der Waals surface area contributed by atoms with Crippen molar-refractivity contribution in [3.05, 3.63) is 40.8 Å². The van der Waals surface area contributed by atoms with E-state index < -0.39 is 15.9 Å². The Labute approximate surface area is 139 Å². The van der Waals surface area contributed by atoms with Crippen molar-refractivity contribution in [2.45, 2.75) is 24.2 Å². The molecular weight excluding hydrogens is 334 g/mol. The van der Waals surface area contributed by atoms with Crippen LogP contribution in [-0.4, -0.2) is 36.7 Å². The van der Waals surface area contributed by atoms with Crippen LogP contribution in [-0.2, 0) is 10.0 Å². The first-order valence-corrected chi connectivity index (χ1v) is 9.70. The molecular formula is C15H17N3O3S2. The second-order valence-electron chi connectivity index (χ2n) is 5.27. The fourth-order valence-corrected chi connectivity index (χ4v) is 5.35. The van der Waals surface area contributed by atoms with Gasteiger partial charge in [-0.25, -0.2) is 8.42 Å². The zero-order valence-corrected chi connectivity index (χ0v) is 14.1. The van der Waals surface area contributed by atoms with Crippen LogP contribution in [0.5, 0.6) is 0 Å². The van der Waals surface area contributed by atoms with Crippen molar-refractivity contribution in [3.63, 3.8) is 0 Å². The first-order chi connectivity index (χ1) is 11.1. The van der Waals surface area contributed by atoms with Crippen LogP contribution in [0, 0.1) is 0 Å². The molecule has 0 aromatic carbocycles. The van der Waals surface area contributed by atoms with Crippen LogP contribution in [0.1, 0.15) is 28.9 Å². The monoisotopic (exact) mass is 351 g/mol. The minimum absolute atomic E-state index is 0.0935. The summed E-state index contributed by atoms with van der Waals surface area (Å²) in [5.74, 6) is -0.415. The van der Waals surface area contributed by atoms with Gasteiger partial charge in [-0.1, -0.05) is 6.42 Å². The van der Waals surface area contributed by atoms with Crippen LogP contribution in [0.2, 0.25) is 0 Å². The Hall–Kier alpha value is -1.77. The van der Waals surface area contributed by atoms with Gasteiger partial charge in [-0.3, -0.25) is 9.78 Å². The van der Waals surface area contributed by atoms with E-state index in [9.17, 15) is 13.2 Å². The summed E-state index contributed by atoms with van der Waals surface area (Å²) in [4.78, 5) is 16.6. The van der Waals surface area contributed by atoms with Gasteiger partial charge in [0.15, 0.2) is 0 Å². The standard InChI is InChI=1S/C15H17N3O3S2/c19-15(17-12-4-7-16-8-5-12)14-13(6-11-22-14)23(20,21)18-9-2-1-3-10-18/h4-8,11H,1-3,9-10H2,(H,16,17,19). The molecule has 0 bridgehead atoms. The molecule has 8 heteroatoms. The van der Waals surface area contributed by atoms with E-state index >= 15 is 0 Å². The summed E-state index contributed by atoms with van der Waals surface area (Å²) in [6, 6.07) is 4.82. The SMILES string of the molecule is O=C(Nc1ccncc1)c1sccc1S(=O)(=O)N1CCCCC1. The number of piperidine rings is 1. The van der Waals surface area contributed by atoms with E-state index in [4.69, 9.17) is 0 Å². The molecule has 122 valence electrons. The largest absolute Gasteiger partial charge is 0.321 e. The number of aromatic nitrogens is 1. The van der Waals surface area contributed by atoms with Crippen molar-refractivity contribution in [1.29, 1.82) is 0 Å². The average Bonchev–Trinajstić information content (AvgIpc) is 3.07. The molecule has 0 spiro atoms. The van der Waals surface area contributed by atoms with Crippen molar-refractivity contribution in [1.82, 2.24) is 9.29 Å². The van der Waals surface area contributed by atoms with E-state index in [0.717, 1.165) is 30.6 Å². The summed E-state index contributed by atoms with van der Waals surface area (Å²) in [6.45, 7) is 1.03. The van der Waals surface area contributed by atoms with Gasteiger partial charge in [0.25, 0.3) is 5.91 Å². The summed E-state index contributed by atoms with van der Waals surface area (Å²) < 4.78 is 27.0. The third-order valence-electron chi connectivity index (χ3n) is 3.71. The van der Waals surface area contributed by atoms with Gasteiger partial charge in [0.05, 0.1) is 0 Å². The molecule has 0 saturated carbocycles. The fraction of sp³-hybridized carbons (Fsp3) is 0.333. The van der Waals surface area contributed by atoms with Crippen LogP contribution in [0.4, 0.5) is 5.69 Å². The quantitative estimate of drug-likeness (QED) is 0.918. The second-order valence-corrected chi connectivity index (χ2v) is 8.09. The second kappa shape index (κ2) is 6.77. The molecule has 1 saturated heterocycles. The number of hydrogen-bond donors (Lipinski definition) is 1. The molecule has 0 aliphatic carbocycles. The zero-order chi connectivity index (χ0) is 16.3. The van der Waals surface area contributed by atoms with Gasteiger partial charge >= 0.3 is 0 Å². The molecule has 1 aliphatic rings. The molecule has 3 heterocycles. The highest BCUT2D eigenvalue weighted by atomic mass is 32.2. The summed E-state index contributed by atoms with van der Waals surface area (Å²) >= 11 is 1.13. The molecule has 2 aromatic heterocycles. The van der Waals surface area contributed by atoms with Gasteiger partial charge in [-0.15, -0.1) is 11.3 Å². The maximum Gasteiger partial charge on any atom is 0.267 e. The van der Waals surface area contributed by atoms with Crippen molar-refractivity contribution < 1.29 is 13.2 Å². The highest BCUT2D eigenvalue weighted by Gasteiger charge is 2.30. The first kappa shape index (κ1) is 16.1. The lowest BCUT2D eigenvalue weighted by atomic mass is 10.2. The number of carbonyl (C=O) groups excluding carboxylic acids is 1. The summed E-state index contributed by atoms with van der Waals surface area (Å²) in [7, 11) is -3.62. The van der Waals surface area contributed by atoms with E-state index in [-0.39, 0.29) is 9.77 Å². The van der Waals surface area contributed by atoms with E-state index in [0.29, 0.717) is 18.8 Å². The van der Waals surface area contributed by atoms with Gasteiger partial charge in [0.2, 0.25) is 10.0 Å². The summed E-state index contributed by atoms with van der Waals surface area (Å²) in [5.41, 5.74) is 0.583. The minimum Gasteiger partial charge on any atom is -0.321 e. The summed E-state index contributed by atoms with van der Waals surface area (Å²) in [6.07, 6.45) is 5.90. The smallest absolute Gasteiger partial charge is 0.267 e. The zero-order valence-electron chi connectivity index (χ0n) is 12.4. The van der Waals surface area contributed by atoms with Crippen molar-refractivity contribution in [3.8, 4) is 0 Å². The van der Waals surface area contributed by atoms with Gasteiger partial charge in [0.1, 0.15) is 9.77 Å². The van der Waals surface area contributed by atoms with E-state index in [1.165, 1.54) is 10.4 Å². The van der Waals surface area contributed by atoms with Gasteiger partial charge < -0.3 is 5.32 Å². The number of hydrogen-bond acceptors (Lipinski definition) is 5. The lowest BCUT2D eigenvalue weighted by Gasteiger charge is -2.25. The minimum atomic E-state index is -3.62. The molecule has 6 nitrogen and oxygen atoms in total.